The van der Waals surface area contributed by atoms with Crippen molar-refractivity contribution in [3.63, 3.8) is 0 Å². The Balaban J connectivity index is 1.60. The molecule has 0 atom stereocenters. The van der Waals surface area contributed by atoms with Crippen molar-refractivity contribution >= 4 is 44.6 Å². The molecule has 29 heavy (non-hydrogen) atoms. The lowest BCUT2D eigenvalue weighted by Crippen LogP contribution is -2.24. The Morgan fingerprint density at radius 2 is 1.90 bits per heavy atom. The average molecular weight is 451 g/mol. The molecule has 6 nitrogen and oxygen atoms in total. The minimum Gasteiger partial charge on any atom is -0.495 e. The van der Waals surface area contributed by atoms with Crippen LogP contribution in [0.1, 0.15) is 10.4 Å². The van der Waals surface area contributed by atoms with Gasteiger partial charge in [-0.3, -0.25) is 9.52 Å². The monoisotopic (exact) mass is 450 g/mol. The predicted octanol–water partition coefficient (Wildman–Crippen LogP) is 4.07. The van der Waals surface area contributed by atoms with Crippen LogP contribution in [0.3, 0.4) is 0 Å². The summed E-state index contributed by atoms with van der Waals surface area (Å²) in [4.78, 5) is 13.2. The van der Waals surface area contributed by atoms with Gasteiger partial charge in [0.15, 0.2) is 0 Å². The summed E-state index contributed by atoms with van der Waals surface area (Å²) in [6, 6.07) is 14.8. The van der Waals surface area contributed by atoms with E-state index in [0.29, 0.717) is 18.0 Å². The molecule has 0 aliphatic heterocycles. The van der Waals surface area contributed by atoms with Crippen LogP contribution in [0.15, 0.2) is 64.9 Å². The first-order valence-electron chi connectivity index (χ1n) is 8.62. The second-order valence-corrected chi connectivity index (χ2v) is 9.25. The summed E-state index contributed by atoms with van der Waals surface area (Å²) in [6.07, 6.45) is 0.215. The number of anilines is 1. The van der Waals surface area contributed by atoms with Crippen molar-refractivity contribution in [2.75, 3.05) is 11.8 Å². The molecule has 1 heterocycles. The van der Waals surface area contributed by atoms with Crippen molar-refractivity contribution in [3.8, 4) is 5.75 Å². The molecular formula is C20H19ClN2O4S2. The molecule has 0 unspecified atom stereocenters. The first-order chi connectivity index (χ1) is 13.9. The molecule has 2 N–H and O–H groups in total. The molecule has 2 aromatic carbocycles. The highest BCUT2D eigenvalue weighted by atomic mass is 35.5. The fraction of sp³-hybridized carbons (Fsp3) is 0.150. The molecule has 3 aromatic rings. The minimum atomic E-state index is -3.80. The van der Waals surface area contributed by atoms with E-state index in [2.05, 4.69) is 10.0 Å². The maximum Gasteiger partial charge on any atom is 0.261 e. The number of nitrogens with one attached hydrogen (secondary N) is 2. The maximum absolute atomic E-state index is 12.5. The van der Waals surface area contributed by atoms with Gasteiger partial charge in [-0.05, 0) is 47.3 Å². The number of carbonyl (C=O) groups is 1. The number of ether oxygens (including phenoxy) is 1. The lowest BCUT2D eigenvalue weighted by Gasteiger charge is -2.10. The Labute approximate surface area is 178 Å². The number of sulfonamides is 1. The number of benzene rings is 2. The highest BCUT2D eigenvalue weighted by Crippen LogP contribution is 2.28. The minimum absolute atomic E-state index is 0.0281. The molecule has 0 saturated heterocycles. The first kappa shape index (κ1) is 21.2. The van der Waals surface area contributed by atoms with Crippen molar-refractivity contribution in [1.29, 1.82) is 0 Å². The van der Waals surface area contributed by atoms with Gasteiger partial charge in [0.05, 0.1) is 30.0 Å². The topological polar surface area (TPSA) is 84.5 Å². The van der Waals surface area contributed by atoms with Gasteiger partial charge in [-0.15, -0.1) is 11.3 Å². The van der Waals surface area contributed by atoms with E-state index in [9.17, 15) is 13.2 Å². The van der Waals surface area contributed by atoms with Crippen LogP contribution < -0.4 is 14.8 Å². The smallest absolute Gasteiger partial charge is 0.261 e. The maximum atomic E-state index is 12.5. The molecular weight excluding hydrogens is 432 g/mol. The van der Waals surface area contributed by atoms with Crippen molar-refractivity contribution in [1.82, 2.24) is 5.32 Å². The van der Waals surface area contributed by atoms with Crippen LogP contribution in [0.2, 0.25) is 5.02 Å². The van der Waals surface area contributed by atoms with Crippen molar-refractivity contribution in [2.45, 2.75) is 17.9 Å². The number of thiophene rings is 1. The van der Waals surface area contributed by atoms with Gasteiger partial charge >= 0.3 is 0 Å². The molecule has 1 amide bonds. The van der Waals surface area contributed by atoms with Crippen LogP contribution in [0.4, 0.5) is 5.69 Å². The van der Waals surface area contributed by atoms with Crippen LogP contribution in [0.25, 0.3) is 0 Å². The van der Waals surface area contributed by atoms with Gasteiger partial charge in [0, 0.05) is 10.6 Å². The third kappa shape index (κ3) is 5.72. The van der Waals surface area contributed by atoms with Gasteiger partial charge in [-0.1, -0.05) is 29.8 Å². The molecule has 0 bridgehead atoms. The lowest BCUT2D eigenvalue weighted by molar-refractivity contribution is -0.120. The van der Waals surface area contributed by atoms with Crippen LogP contribution in [0.5, 0.6) is 5.75 Å². The second-order valence-electron chi connectivity index (χ2n) is 6.13. The van der Waals surface area contributed by atoms with E-state index in [1.807, 2.05) is 17.5 Å². The van der Waals surface area contributed by atoms with Crippen LogP contribution in [-0.4, -0.2) is 21.4 Å². The summed E-state index contributed by atoms with van der Waals surface area (Å²) in [5.74, 6) is 0.298. The molecule has 1 aromatic heterocycles. The van der Waals surface area contributed by atoms with Crippen molar-refractivity contribution in [3.05, 3.63) is 75.4 Å². The zero-order valence-corrected chi connectivity index (χ0v) is 17.9. The van der Waals surface area contributed by atoms with E-state index in [-0.39, 0.29) is 22.2 Å². The average Bonchev–Trinajstić information content (AvgIpc) is 3.21. The van der Waals surface area contributed by atoms with Gasteiger partial charge in [0.2, 0.25) is 5.91 Å². The molecule has 152 valence electrons. The molecule has 0 spiro atoms. The standard InChI is InChI=1S/C20H19ClN2O4S2/c1-27-19-9-8-17(12-18(19)21)29(25,26)23-15-6-4-14(5-7-15)11-20(24)22-13-16-3-2-10-28-16/h2-10,12,23H,11,13H2,1H3,(H,22,24). The second kappa shape index (κ2) is 9.30. The summed E-state index contributed by atoms with van der Waals surface area (Å²) in [7, 11) is -2.34. The number of hydrogen-bond acceptors (Lipinski definition) is 5. The Kier molecular flexibility index (Phi) is 6.79. The highest BCUT2D eigenvalue weighted by Gasteiger charge is 2.16. The predicted molar refractivity (Wildman–Crippen MR) is 115 cm³/mol. The van der Waals surface area contributed by atoms with E-state index in [0.717, 1.165) is 10.4 Å². The third-order valence-electron chi connectivity index (χ3n) is 4.04. The molecule has 0 saturated carbocycles. The zero-order chi connectivity index (χ0) is 20.9. The molecule has 3 rings (SSSR count). The van der Waals surface area contributed by atoms with Crippen molar-refractivity contribution < 1.29 is 17.9 Å². The SMILES string of the molecule is COc1ccc(S(=O)(=O)Nc2ccc(CC(=O)NCc3cccs3)cc2)cc1Cl. The van der Waals surface area contributed by atoms with E-state index < -0.39 is 10.0 Å². The normalized spacial score (nSPS) is 11.1. The first-order valence-corrected chi connectivity index (χ1v) is 11.4. The van der Waals surface area contributed by atoms with Crippen molar-refractivity contribution in [2.24, 2.45) is 0 Å². The van der Waals surface area contributed by atoms with E-state index in [4.69, 9.17) is 16.3 Å². The van der Waals surface area contributed by atoms with Crippen LogP contribution in [0, 0.1) is 0 Å². The Hall–Kier alpha value is -2.55. The zero-order valence-electron chi connectivity index (χ0n) is 15.5. The molecule has 0 fully saturated rings. The van der Waals surface area contributed by atoms with Crippen LogP contribution >= 0.6 is 22.9 Å². The number of rotatable bonds is 8. The van der Waals surface area contributed by atoms with E-state index >= 15 is 0 Å². The summed E-state index contributed by atoms with van der Waals surface area (Å²) in [5, 5.41) is 5.03. The largest absolute Gasteiger partial charge is 0.495 e. The summed E-state index contributed by atoms with van der Waals surface area (Å²) in [6.45, 7) is 0.499. The number of carbonyl (C=O) groups excluding carboxylic acids is 1. The lowest BCUT2D eigenvalue weighted by atomic mass is 10.1. The molecule has 0 radical (unpaired) electrons. The Morgan fingerprint density at radius 1 is 1.14 bits per heavy atom. The Morgan fingerprint density at radius 3 is 2.52 bits per heavy atom. The van der Waals surface area contributed by atoms with E-state index in [1.54, 1.807) is 35.6 Å². The molecule has 0 aliphatic carbocycles. The Bertz CT molecular complexity index is 1080. The summed E-state index contributed by atoms with van der Waals surface area (Å²) in [5.41, 5.74) is 1.17. The highest BCUT2D eigenvalue weighted by molar-refractivity contribution is 7.92. The third-order valence-corrected chi connectivity index (χ3v) is 6.60. The fourth-order valence-electron chi connectivity index (χ4n) is 2.57. The van der Waals surface area contributed by atoms with E-state index in [1.165, 1.54) is 25.3 Å². The summed E-state index contributed by atoms with van der Waals surface area (Å²) >= 11 is 7.60. The van der Waals surface area contributed by atoms with Gasteiger partial charge in [-0.25, -0.2) is 8.42 Å². The number of methoxy groups -OCH3 is 1. The van der Waals surface area contributed by atoms with Gasteiger partial charge < -0.3 is 10.1 Å². The molecule has 0 aliphatic rings. The number of hydrogen-bond donors (Lipinski definition) is 2. The molecule has 9 heteroatoms. The fourth-order valence-corrected chi connectivity index (χ4v) is 4.62. The number of amides is 1. The number of halogens is 1. The van der Waals surface area contributed by atoms with Crippen LogP contribution in [-0.2, 0) is 27.8 Å². The van der Waals surface area contributed by atoms with Gasteiger partial charge in [0.1, 0.15) is 5.75 Å². The summed E-state index contributed by atoms with van der Waals surface area (Å²) < 4.78 is 32.6. The quantitative estimate of drug-likeness (QED) is 0.541. The van der Waals surface area contributed by atoms with Gasteiger partial charge in [-0.2, -0.15) is 0 Å². The van der Waals surface area contributed by atoms with Gasteiger partial charge in [0.25, 0.3) is 10.0 Å².